The lowest BCUT2D eigenvalue weighted by Gasteiger charge is -2.34. The van der Waals surface area contributed by atoms with Gasteiger partial charge in [-0.15, -0.1) is 0 Å². The normalized spacial score (nSPS) is 34.3. The van der Waals surface area contributed by atoms with E-state index in [1.807, 2.05) is 0 Å². The molecule has 0 bridgehead atoms. The van der Waals surface area contributed by atoms with Crippen LogP contribution in [-0.4, -0.2) is 57.4 Å². The Morgan fingerprint density at radius 2 is 2.11 bits per heavy atom. The predicted molar refractivity (Wildman–Crippen MR) is 75.6 cm³/mol. The molecule has 0 spiro atoms. The molecule has 2 fully saturated rings. The van der Waals surface area contributed by atoms with E-state index >= 15 is 0 Å². The second kappa shape index (κ2) is 6.52. The van der Waals surface area contributed by atoms with Gasteiger partial charge >= 0.3 is 0 Å². The first kappa shape index (κ1) is 15.2. The highest BCUT2D eigenvalue weighted by Gasteiger charge is 2.28. The summed E-state index contributed by atoms with van der Waals surface area (Å²) in [5.74, 6) is 0.345. The lowest BCUT2D eigenvalue weighted by Crippen LogP contribution is -2.46. The fourth-order valence-corrected chi connectivity index (χ4v) is 3.91. The summed E-state index contributed by atoms with van der Waals surface area (Å²) in [5.41, 5.74) is 0. The van der Waals surface area contributed by atoms with Gasteiger partial charge in [0.25, 0.3) is 0 Å². The molecule has 3 atom stereocenters. The van der Waals surface area contributed by atoms with Crippen molar-refractivity contribution in [2.24, 2.45) is 5.92 Å². The van der Waals surface area contributed by atoms with Crippen molar-refractivity contribution in [1.82, 2.24) is 9.62 Å². The minimum atomic E-state index is -3.05. The van der Waals surface area contributed by atoms with Gasteiger partial charge in [0.1, 0.15) is 0 Å². The van der Waals surface area contributed by atoms with E-state index in [1.54, 1.807) is 4.31 Å². The molecule has 0 aromatic carbocycles. The summed E-state index contributed by atoms with van der Waals surface area (Å²) in [5, 5.41) is 3.42. The van der Waals surface area contributed by atoms with Gasteiger partial charge in [-0.3, -0.25) is 0 Å². The largest absolute Gasteiger partial charge is 0.376 e. The molecule has 0 aromatic rings. The molecule has 112 valence electrons. The third-order valence-corrected chi connectivity index (χ3v) is 5.46. The molecule has 0 radical (unpaired) electrons. The Labute approximate surface area is 116 Å². The third-order valence-electron chi connectivity index (χ3n) is 4.19. The second-order valence-electron chi connectivity index (χ2n) is 5.89. The molecule has 2 aliphatic rings. The number of nitrogens with one attached hydrogen (secondary N) is 1. The second-order valence-corrected chi connectivity index (χ2v) is 7.87. The van der Waals surface area contributed by atoms with Crippen molar-refractivity contribution in [1.29, 1.82) is 0 Å². The molecular formula is C13H26N2O3S. The maximum Gasteiger partial charge on any atom is 0.211 e. The first-order chi connectivity index (χ1) is 8.97. The Kier molecular flexibility index (Phi) is 5.22. The number of piperidine rings is 2. The average Bonchev–Trinajstić information content (AvgIpc) is 2.37. The van der Waals surface area contributed by atoms with Gasteiger partial charge in [-0.05, 0) is 45.1 Å². The predicted octanol–water partition coefficient (Wildman–Crippen LogP) is 0.815. The summed E-state index contributed by atoms with van der Waals surface area (Å²) in [6, 6.07) is 0.406. The molecule has 3 unspecified atom stereocenters. The van der Waals surface area contributed by atoms with E-state index in [0.717, 1.165) is 32.2 Å². The molecule has 1 N–H and O–H groups in total. The van der Waals surface area contributed by atoms with E-state index < -0.39 is 10.0 Å². The van der Waals surface area contributed by atoms with E-state index in [0.29, 0.717) is 31.7 Å². The Morgan fingerprint density at radius 1 is 1.32 bits per heavy atom. The monoisotopic (exact) mass is 290 g/mol. The first-order valence-corrected chi connectivity index (χ1v) is 9.12. The summed E-state index contributed by atoms with van der Waals surface area (Å²) in [7, 11) is -3.05. The number of nitrogens with zero attached hydrogens (tertiary/aromatic N) is 1. The van der Waals surface area contributed by atoms with Crippen LogP contribution in [-0.2, 0) is 14.8 Å². The third kappa shape index (κ3) is 4.41. The minimum Gasteiger partial charge on any atom is -0.376 e. The number of hydrogen-bond acceptors (Lipinski definition) is 4. The zero-order valence-corrected chi connectivity index (χ0v) is 12.8. The molecule has 5 nitrogen and oxygen atoms in total. The van der Waals surface area contributed by atoms with Gasteiger partial charge in [0.05, 0.1) is 19.0 Å². The highest BCUT2D eigenvalue weighted by molar-refractivity contribution is 7.88. The van der Waals surface area contributed by atoms with Crippen molar-refractivity contribution in [3.63, 3.8) is 0 Å². The molecule has 0 amide bonds. The number of sulfonamides is 1. The van der Waals surface area contributed by atoms with Crippen molar-refractivity contribution < 1.29 is 13.2 Å². The highest BCUT2D eigenvalue weighted by atomic mass is 32.2. The summed E-state index contributed by atoms with van der Waals surface area (Å²) >= 11 is 0. The average molecular weight is 290 g/mol. The number of rotatable bonds is 4. The van der Waals surface area contributed by atoms with Gasteiger partial charge in [-0.1, -0.05) is 0 Å². The summed E-state index contributed by atoms with van der Waals surface area (Å²) in [4.78, 5) is 0. The molecule has 0 saturated carbocycles. The quantitative estimate of drug-likeness (QED) is 0.832. The molecule has 0 aromatic heterocycles. The van der Waals surface area contributed by atoms with E-state index in [1.165, 1.54) is 6.26 Å². The lowest BCUT2D eigenvalue weighted by atomic mass is 9.99. The Hall–Kier alpha value is -0.170. The van der Waals surface area contributed by atoms with Crippen molar-refractivity contribution >= 4 is 10.0 Å². The fraction of sp³-hybridized carbons (Fsp3) is 1.00. The Bertz CT molecular complexity index is 385. The fourth-order valence-electron chi connectivity index (χ4n) is 2.97. The summed E-state index contributed by atoms with van der Waals surface area (Å²) < 4.78 is 30.7. The molecular weight excluding hydrogens is 264 g/mol. The lowest BCUT2D eigenvalue weighted by molar-refractivity contribution is -0.0138. The van der Waals surface area contributed by atoms with Crippen LogP contribution in [0, 0.1) is 5.92 Å². The highest BCUT2D eigenvalue weighted by Crippen LogP contribution is 2.21. The van der Waals surface area contributed by atoms with Crippen molar-refractivity contribution in [3.8, 4) is 0 Å². The van der Waals surface area contributed by atoms with Crippen LogP contribution in [0.3, 0.4) is 0 Å². The zero-order valence-electron chi connectivity index (χ0n) is 12.0. The minimum absolute atomic E-state index is 0.280. The van der Waals surface area contributed by atoms with E-state index in [9.17, 15) is 8.42 Å². The number of hydrogen-bond donors (Lipinski definition) is 1. The SMILES string of the molecule is CC1NCCCC1OCC1CCCN(S(C)(=O)=O)C1. The van der Waals surface area contributed by atoms with Gasteiger partial charge in [0.15, 0.2) is 0 Å². The number of ether oxygens (including phenoxy) is 1. The van der Waals surface area contributed by atoms with Crippen LogP contribution in [0.5, 0.6) is 0 Å². The van der Waals surface area contributed by atoms with Gasteiger partial charge < -0.3 is 10.1 Å². The summed E-state index contributed by atoms with van der Waals surface area (Å²) in [6.07, 6.45) is 5.86. The molecule has 0 aliphatic carbocycles. The molecule has 2 rings (SSSR count). The standard InChI is InChI=1S/C13H26N2O3S/c1-11-13(6-3-7-14-11)18-10-12-5-4-8-15(9-12)19(2,16)17/h11-14H,3-10H2,1-2H3. The molecule has 19 heavy (non-hydrogen) atoms. The van der Waals surface area contributed by atoms with E-state index in [-0.39, 0.29) is 6.10 Å². The van der Waals surface area contributed by atoms with Crippen LogP contribution in [0.15, 0.2) is 0 Å². The van der Waals surface area contributed by atoms with Gasteiger partial charge in [0.2, 0.25) is 10.0 Å². The zero-order chi connectivity index (χ0) is 13.9. The van der Waals surface area contributed by atoms with Crippen LogP contribution in [0.4, 0.5) is 0 Å². The van der Waals surface area contributed by atoms with Crippen LogP contribution in [0.25, 0.3) is 0 Å². The van der Waals surface area contributed by atoms with Crippen molar-refractivity contribution in [2.45, 2.75) is 44.8 Å². The van der Waals surface area contributed by atoms with Crippen molar-refractivity contribution in [3.05, 3.63) is 0 Å². The molecule has 2 saturated heterocycles. The van der Waals surface area contributed by atoms with Crippen molar-refractivity contribution in [2.75, 3.05) is 32.5 Å². The van der Waals surface area contributed by atoms with E-state index in [2.05, 4.69) is 12.2 Å². The topological polar surface area (TPSA) is 58.6 Å². The summed E-state index contributed by atoms with van der Waals surface area (Å²) in [6.45, 7) is 5.20. The smallest absolute Gasteiger partial charge is 0.211 e. The van der Waals surface area contributed by atoms with Gasteiger partial charge in [-0.25, -0.2) is 12.7 Å². The first-order valence-electron chi connectivity index (χ1n) is 7.27. The Morgan fingerprint density at radius 3 is 2.79 bits per heavy atom. The maximum atomic E-state index is 11.6. The van der Waals surface area contributed by atoms with Crippen LogP contribution in [0.1, 0.15) is 32.6 Å². The van der Waals surface area contributed by atoms with Crippen LogP contribution >= 0.6 is 0 Å². The van der Waals surface area contributed by atoms with Crippen LogP contribution in [0.2, 0.25) is 0 Å². The molecule has 6 heteroatoms. The van der Waals surface area contributed by atoms with E-state index in [4.69, 9.17) is 4.74 Å². The van der Waals surface area contributed by atoms with Crippen LogP contribution < -0.4 is 5.32 Å². The maximum absolute atomic E-state index is 11.6. The molecule has 2 heterocycles. The molecule has 2 aliphatic heterocycles. The van der Waals surface area contributed by atoms with Gasteiger partial charge in [0, 0.05) is 19.1 Å². The Balaban J connectivity index is 1.79. The van der Waals surface area contributed by atoms with Gasteiger partial charge in [-0.2, -0.15) is 0 Å².